The number of phenols is 1. The van der Waals surface area contributed by atoms with E-state index in [0.717, 1.165) is 36.6 Å². The second-order valence-electron chi connectivity index (χ2n) is 7.56. The molecule has 0 fully saturated rings. The van der Waals surface area contributed by atoms with Crippen LogP contribution in [0.2, 0.25) is 10.0 Å². The van der Waals surface area contributed by atoms with Crippen LogP contribution in [0.15, 0.2) is 51.0 Å². The number of aromatic hydroxyl groups is 1. The monoisotopic (exact) mass is 488 g/mol. The molecule has 166 valence electrons. The Labute approximate surface area is 199 Å². The van der Waals surface area contributed by atoms with Crippen molar-refractivity contribution in [3.63, 3.8) is 0 Å². The molecule has 5 nitrogen and oxygen atoms in total. The number of nitrogens with one attached hydrogen (secondary N) is 1. The second-order valence-corrected chi connectivity index (χ2v) is 9.27. The van der Waals surface area contributed by atoms with Gasteiger partial charge in [0.05, 0.1) is 22.0 Å². The Hall–Kier alpha value is -2.54. The maximum absolute atomic E-state index is 12.6. The third kappa shape index (κ3) is 5.09. The highest BCUT2D eigenvalue weighted by Crippen LogP contribution is 2.32. The van der Waals surface area contributed by atoms with E-state index in [4.69, 9.17) is 27.6 Å². The van der Waals surface area contributed by atoms with Crippen LogP contribution >= 0.6 is 34.5 Å². The summed E-state index contributed by atoms with van der Waals surface area (Å²) >= 11 is 13.5. The summed E-state index contributed by atoms with van der Waals surface area (Å²) in [5, 5.41) is 17.6. The largest absolute Gasteiger partial charge is 0.508 e. The molecule has 32 heavy (non-hydrogen) atoms. The number of benzene rings is 2. The first-order valence-electron chi connectivity index (χ1n) is 10.4. The average Bonchev–Trinajstić information content (AvgIpc) is 3.21. The van der Waals surface area contributed by atoms with Crippen LogP contribution < -0.4 is 10.9 Å². The third-order valence-corrected chi connectivity index (χ3v) is 6.49. The highest BCUT2D eigenvalue weighted by molar-refractivity contribution is 7.14. The molecular weight excluding hydrogens is 467 g/mol. The molecule has 0 saturated carbocycles. The van der Waals surface area contributed by atoms with Crippen molar-refractivity contribution >= 4 is 56.3 Å². The van der Waals surface area contributed by atoms with Gasteiger partial charge in [0.15, 0.2) is 5.13 Å². The number of hydrogen-bond acceptors (Lipinski definition) is 6. The number of rotatable bonds is 8. The molecule has 4 aromatic rings. The first-order chi connectivity index (χ1) is 15.4. The molecule has 2 aromatic heterocycles. The maximum atomic E-state index is 12.6. The van der Waals surface area contributed by atoms with Crippen molar-refractivity contribution in [2.75, 3.05) is 5.32 Å². The Morgan fingerprint density at radius 1 is 1.12 bits per heavy atom. The van der Waals surface area contributed by atoms with E-state index in [9.17, 15) is 9.90 Å². The summed E-state index contributed by atoms with van der Waals surface area (Å²) in [6.07, 6.45) is 5.24. The lowest BCUT2D eigenvalue weighted by Gasteiger charge is -2.07. The predicted octanol–water partition coefficient (Wildman–Crippen LogP) is 7.80. The minimum absolute atomic E-state index is 0.157. The van der Waals surface area contributed by atoms with Gasteiger partial charge in [0.2, 0.25) is 0 Å². The van der Waals surface area contributed by atoms with Crippen LogP contribution in [0.3, 0.4) is 0 Å². The summed E-state index contributed by atoms with van der Waals surface area (Å²) in [5.74, 6) is 0.157. The number of nitrogens with zero attached hydrogens (tertiary/aromatic N) is 1. The molecule has 8 heteroatoms. The van der Waals surface area contributed by atoms with E-state index in [0.29, 0.717) is 37.7 Å². The van der Waals surface area contributed by atoms with Gasteiger partial charge in [-0.25, -0.2) is 9.78 Å². The topological polar surface area (TPSA) is 75.4 Å². The van der Waals surface area contributed by atoms with Gasteiger partial charge in [0, 0.05) is 21.9 Å². The molecule has 0 radical (unpaired) electrons. The lowest BCUT2D eigenvalue weighted by molar-refractivity contribution is 0.464. The Balaban J connectivity index is 1.61. The van der Waals surface area contributed by atoms with Crippen LogP contribution in [-0.2, 0) is 6.42 Å². The molecule has 0 aliphatic rings. The molecule has 0 amide bonds. The van der Waals surface area contributed by atoms with Crippen molar-refractivity contribution < 1.29 is 9.52 Å². The van der Waals surface area contributed by atoms with Gasteiger partial charge in [-0.05, 0) is 48.7 Å². The number of hydrogen-bond donors (Lipinski definition) is 2. The summed E-state index contributed by atoms with van der Waals surface area (Å²) in [6.45, 7) is 2.17. The van der Waals surface area contributed by atoms with Crippen LogP contribution in [0, 0.1) is 0 Å². The lowest BCUT2D eigenvalue weighted by atomic mass is 10.0. The number of halogens is 2. The van der Waals surface area contributed by atoms with Crippen LogP contribution in [0.4, 0.5) is 10.8 Å². The van der Waals surface area contributed by atoms with Crippen molar-refractivity contribution in [3.05, 3.63) is 67.8 Å². The van der Waals surface area contributed by atoms with Crippen molar-refractivity contribution in [2.24, 2.45) is 0 Å². The fourth-order valence-corrected chi connectivity index (χ4v) is 4.66. The number of unbranched alkanes of at least 4 members (excludes halogenated alkanes) is 3. The fourth-order valence-electron chi connectivity index (χ4n) is 3.49. The van der Waals surface area contributed by atoms with E-state index in [1.54, 1.807) is 29.6 Å². The normalized spacial score (nSPS) is 11.2. The van der Waals surface area contributed by atoms with Gasteiger partial charge in [-0.15, -0.1) is 11.3 Å². The van der Waals surface area contributed by atoms with Crippen molar-refractivity contribution in [3.8, 4) is 17.0 Å². The summed E-state index contributed by atoms with van der Waals surface area (Å²) in [6, 6.07) is 10.3. The van der Waals surface area contributed by atoms with E-state index < -0.39 is 5.63 Å². The van der Waals surface area contributed by atoms with Crippen molar-refractivity contribution in [1.29, 1.82) is 0 Å². The minimum atomic E-state index is -0.506. The number of aromatic nitrogens is 1. The fraction of sp³-hybridized carbons (Fsp3) is 0.250. The maximum Gasteiger partial charge on any atom is 0.345 e. The standard InChI is InChI=1S/C24H22Cl2N2O3S/c1-2-3-4-5-6-14-9-15-10-17(23(30)31-22(15)12-21(14)29)20-13-32-24(28-20)27-19-8-7-16(25)11-18(19)26/h7-13,29H,2-6H2,1H3,(H,27,28). The zero-order valence-corrected chi connectivity index (χ0v) is 19.8. The van der Waals surface area contributed by atoms with Crippen LogP contribution in [0.25, 0.3) is 22.2 Å². The quantitative estimate of drug-likeness (QED) is 0.195. The molecule has 0 atom stereocenters. The summed E-state index contributed by atoms with van der Waals surface area (Å²) in [4.78, 5) is 17.1. The molecule has 0 aliphatic carbocycles. The lowest BCUT2D eigenvalue weighted by Crippen LogP contribution is -2.03. The molecule has 2 aromatic carbocycles. The van der Waals surface area contributed by atoms with E-state index >= 15 is 0 Å². The molecule has 2 heterocycles. The Kier molecular flexibility index (Phi) is 7.04. The zero-order valence-electron chi connectivity index (χ0n) is 17.5. The molecule has 4 rings (SSSR count). The molecular formula is C24H22Cl2N2O3S. The first-order valence-corrected chi connectivity index (χ1v) is 12.1. The molecule has 0 saturated heterocycles. The van der Waals surface area contributed by atoms with Crippen LogP contribution in [0.1, 0.15) is 38.2 Å². The number of thiazole rings is 1. The SMILES string of the molecule is CCCCCCc1cc2cc(-c3csc(Nc4ccc(Cl)cc4Cl)n3)c(=O)oc2cc1O. The van der Waals surface area contributed by atoms with Crippen molar-refractivity contribution in [1.82, 2.24) is 4.98 Å². The van der Waals surface area contributed by atoms with E-state index in [1.807, 2.05) is 6.07 Å². The third-order valence-electron chi connectivity index (χ3n) is 5.19. The summed E-state index contributed by atoms with van der Waals surface area (Å²) < 4.78 is 5.48. The van der Waals surface area contributed by atoms with Gasteiger partial charge >= 0.3 is 5.63 Å². The van der Waals surface area contributed by atoms with Gasteiger partial charge in [-0.1, -0.05) is 49.4 Å². The number of aryl methyl sites for hydroxylation is 1. The Morgan fingerprint density at radius 3 is 2.75 bits per heavy atom. The summed E-state index contributed by atoms with van der Waals surface area (Å²) in [7, 11) is 0. The smallest absolute Gasteiger partial charge is 0.345 e. The average molecular weight is 489 g/mol. The zero-order chi connectivity index (χ0) is 22.7. The van der Waals surface area contributed by atoms with Crippen LogP contribution in [-0.4, -0.2) is 10.1 Å². The molecule has 0 unspecified atom stereocenters. The van der Waals surface area contributed by atoms with E-state index in [-0.39, 0.29) is 5.75 Å². The molecule has 2 N–H and O–H groups in total. The van der Waals surface area contributed by atoms with Gasteiger partial charge in [0.25, 0.3) is 0 Å². The summed E-state index contributed by atoms with van der Waals surface area (Å²) in [5.41, 5.74) is 2.25. The predicted molar refractivity (Wildman–Crippen MR) is 133 cm³/mol. The van der Waals surface area contributed by atoms with Gasteiger partial charge < -0.3 is 14.8 Å². The Bertz CT molecular complexity index is 1320. The molecule has 0 bridgehead atoms. The minimum Gasteiger partial charge on any atom is -0.508 e. The van der Waals surface area contributed by atoms with Gasteiger partial charge in [0.1, 0.15) is 11.3 Å². The Morgan fingerprint density at radius 2 is 1.97 bits per heavy atom. The van der Waals surface area contributed by atoms with Crippen LogP contribution in [0.5, 0.6) is 5.75 Å². The molecule has 0 spiro atoms. The van der Waals surface area contributed by atoms with E-state index in [1.165, 1.54) is 23.8 Å². The second kappa shape index (κ2) is 9.94. The molecule has 0 aliphatic heterocycles. The number of phenolic OH excluding ortho intramolecular Hbond substituents is 1. The highest BCUT2D eigenvalue weighted by Gasteiger charge is 2.14. The van der Waals surface area contributed by atoms with Gasteiger partial charge in [-0.3, -0.25) is 0 Å². The number of fused-ring (bicyclic) bond motifs is 1. The van der Waals surface area contributed by atoms with Gasteiger partial charge in [-0.2, -0.15) is 0 Å². The number of anilines is 2. The van der Waals surface area contributed by atoms with Crippen molar-refractivity contribution in [2.45, 2.75) is 39.0 Å². The highest BCUT2D eigenvalue weighted by atomic mass is 35.5. The first kappa shape index (κ1) is 22.6. The van der Waals surface area contributed by atoms with E-state index in [2.05, 4.69) is 17.2 Å².